The molecule has 0 amide bonds. The molecule has 0 radical (unpaired) electrons. The zero-order chi connectivity index (χ0) is 38.2. The summed E-state index contributed by atoms with van der Waals surface area (Å²) in [6, 6.07) is 71.0. The van der Waals surface area contributed by atoms with Crippen LogP contribution in [0.5, 0.6) is 0 Å². The number of benzene rings is 9. The minimum Gasteiger partial charge on any atom is -0.455 e. The minimum atomic E-state index is -0.558. The second kappa shape index (κ2) is 12.7. The van der Waals surface area contributed by atoms with Crippen molar-refractivity contribution < 1.29 is 4.42 Å². The lowest BCUT2D eigenvalue weighted by atomic mass is 9.67. The predicted molar refractivity (Wildman–Crippen MR) is 236 cm³/mol. The molecule has 4 nitrogen and oxygen atoms in total. The van der Waals surface area contributed by atoms with Gasteiger partial charge in [0.1, 0.15) is 11.2 Å². The summed E-state index contributed by atoms with van der Waals surface area (Å²) in [5.41, 5.74) is 11.0. The number of nitrogens with zero attached hydrogens (tertiary/aromatic N) is 3. The number of aromatic nitrogens is 3. The average molecular weight is 740 g/mol. The lowest BCUT2D eigenvalue weighted by Gasteiger charge is -2.34. The minimum absolute atomic E-state index is 0.558. The first-order valence-electron chi connectivity index (χ1n) is 19.7. The zero-order valence-corrected chi connectivity index (χ0v) is 31.3. The fourth-order valence-electron chi connectivity index (χ4n) is 9.50. The third kappa shape index (κ3) is 4.72. The summed E-state index contributed by atoms with van der Waals surface area (Å²) in [5.74, 6) is 1.76. The van der Waals surface area contributed by atoms with Gasteiger partial charge < -0.3 is 4.42 Å². The number of furan rings is 1. The molecule has 0 bridgehead atoms. The van der Waals surface area contributed by atoms with E-state index in [-0.39, 0.29) is 0 Å². The van der Waals surface area contributed by atoms with Gasteiger partial charge in [0.2, 0.25) is 0 Å². The van der Waals surface area contributed by atoms with Crippen molar-refractivity contribution in [3.05, 3.63) is 222 Å². The third-order valence-corrected chi connectivity index (χ3v) is 12.0. The molecular formula is C54H33N3O. The molecule has 12 rings (SSSR count). The van der Waals surface area contributed by atoms with Crippen LogP contribution in [0.3, 0.4) is 0 Å². The van der Waals surface area contributed by atoms with Gasteiger partial charge in [0, 0.05) is 27.3 Å². The molecular weight excluding hydrogens is 707 g/mol. The Labute approximate surface area is 334 Å². The molecule has 270 valence electrons. The Kier molecular flexibility index (Phi) is 7.11. The highest BCUT2D eigenvalue weighted by Gasteiger charge is 2.46. The molecule has 1 aliphatic rings. The Morgan fingerprint density at radius 1 is 0.362 bits per heavy atom. The Balaban J connectivity index is 1.16. The van der Waals surface area contributed by atoms with Gasteiger partial charge in [-0.05, 0) is 67.7 Å². The Bertz CT molecular complexity index is 3370. The number of fused-ring (bicyclic) bond motifs is 9. The Hall–Kier alpha value is -7.69. The number of hydrogen-bond donors (Lipinski definition) is 0. The van der Waals surface area contributed by atoms with E-state index in [0.717, 1.165) is 54.8 Å². The SMILES string of the molecule is c1ccc(C2(c3ccccc3)c3ccccc3-c3ccc(-c4nc(-c5cccc6c5oc5ccccc56)nc(-c5cccc6ccc7ccccc7c56)n4)cc32)cc1. The first kappa shape index (κ1) is 32.5. The second-order valence-corrected chi connectivity index (χ2v) is 15.1. The molecule has 1 aliphatic carbocycles. The van der Waals surface area contributed by atoms with E-state index in [1.807, 2.05) is 18.2 Å². The van der Waals surface area contributed by atoms with Crippen LogP contribution in [0, 0.1) is 0 Å². The van der Waals surface area contributed by atoms with Gasteiger partial charge in [-0.15, -0.1) is 0 Å². The molecule has 58 heavy (non-hydrogen) atoms. The highest BCUT2D eigenvalue weighted by atomic mass is 16.3. The van der Waals surface area contributed by atoms with Gasteiger partial charge >= 0.3 is 0 Å². The van der Waals surface area contributed by atoms with Crippen molar-refractivity contribution in [2.24, 2.45) is 0 Å². The molecule has 4 heteroatoms. The Morgan fingerprint density at radius 2 is 0.931 bits per heavy atom. The maximum absolute atomic E-state index is 6.58. The van der Waals surface area contributed by atoms with E-state index >= 15 is 0 Å². The molecule has 0 saturated carbocycles. The number of hydrogen-bond acceptors (Lipinski definition) is 4. The molecule has 11 aromatic rings. The summed E-state index contributed by atoms with van der Waals surface area (Å²) in [6.07, 6.45) is 0. The van der Waals surface area contributed by atoms with Gasteiger partial charge in [-0.1, -0.05) is 182 Å². The monoisotopic (exact) mass is 739 g/mol. The highest BCUT2D eigenvalue weighted by molar-refractivity contribution is 6.14. The molecule has 0 N–H and O–H groups in total. The molecule has 0 aliphatic heterocycles. The molecule has 2 heterocycles. The molecule has 0 fully saturated rings. The third-order valence-electron chi connectivity index (χ3n) is 12.0. The van der Waals surface area contributed by atoms with Crippen LogP contribution < -0.4 is 0 Å². The molecule has 0 atom stereocenters. The molecule has 2 aromatic heterocycles. The van der Waals surface area contributed by atoms with E-state index in [9.17, 15) is 0 Å². The smallest absolute Gasteiger partial charge is 0.167 e. The first-order valence-corrected chi connectivity index (χ1v) is 19.7. The quantitative estimate of drug-likeness (QED) is 0.165. The molecule has 9 aromatic carbocycles. The van der Waals surface area contributed by atoms with Crippen molar-refractivity contribution >= 4 is 43.5 Å². The lowest BCUT2D eigenvalue weighted by molar-refractivity contribution is 0.669. The molecule has 0 saturated heterocycles. The summed E-state index contributed by atoms with van der Waals surface area (Å²) in [4.78, 5) is 16.1. The van der Waals surface area contributed by atoms with E-state index < -0.39 is 5.41 Å². The van der Waals surface area contributed by atoms with E-state index in [4.69, 9.17) is 19.4 Å². The van der Waals surface area contributed by atoms with Crippen LogP contribution in [0.15, 0.2) is 205 Å². The predicted octanol–water partition coefficient (Wildman–Crippen LogP) is 13.4. The van der Waals surface area contributed by atoms with Gasteiger partial charge in [-0.3, -0.25) is 0 Å². The van der Waals surface area contributed by atoms with Gasteiger partial charge in [0.25, 0.3) is 0 Å². The highest BCUT2D eigenvalue weighted by Crippen LogP contribution is 2.56. The zero-order valence-electron chi connectivity index (χ0n) is 31.3. The van der Waals surface area contributed by atoms with E-state index in [1.54, 1.807) is 0 Å². The van der Waals surface area contributed by atoms with Crippen LogP contribution in [0.1, 0.15) is 22.3 Å². The van der Waals surface area contributed by atoms with Crippen molar-refractivity contribution in [3.8, 4) is 45.3 Å². The van der Waals surface area contributed by atoms with Crippen molar-refractivity contribution in [1.29, 1.82) is 0 Å². The number of para-hydroxylation sites is 2. The van der Waals surface area contributed by atoms with Crippen LogP contribution in [0.4, 0.5) is 0 Å². The summed E-state index contributed by atoms with van der Waals surface area (Å²) < 4.78 is 6.58. The standard InChI is InChI=1S/C54H33N3O/c1-3-17-37(18-4-1)54(38-19-5-2-6-20-38)46-27-11-9-22-40(46)41-32-31-36(33-47(41)54)51-55-52(44-25-13-16-35-30-29-34-15-7-8-21-39(34)49(35)44)57-53(56-51)45-26-14-24-43-42-23-10-12-28-48(42)58-50(43)45/h1-33H. The maximum atomic E-state index is 6.58. The van der Waals surface area contributed by atoms with Gasteiger partial charge in [-0.2, -0.15) is 0 Å². The molecule has 0 unspecified atom stereocenters. The fourth-order valence-corrected chi connectivity index (χ4v) is 9.50. The average Bonchev–Trinajstić information content (AvgIpc) is 3.83. The largest absolute Gasteiger partial charge is 0.455 e. The van der Waals surface area contributed by atoms with Crippen LogP contribution in [0.2, 0.25) is 0 Å². The summed E-state index contributed by atoms with van der Waals surface area (Å²) in [5, 5.41) is 6.65. The maximum Gasteiger partial charge on any atom is 0.167 e. The molecule has 0 spiro atoms. The van der Waals surface area contributed by atoms with E-state index in [0.29, 0.717) is 17.5 Å². The lowest BCUT2D eigenvalue weighted by Crippen LogP contribution is -2.28. The van der Waals surface area contributed by atoms with Gasteiger partial charge in [-0.25, -0.2) is 15.0 Å². The van der Waals surface area contributed by atoms with E-state index in [2.05, 4.69) is 182 Å². The summed E-state index contributed by atoms with van der Waals surface area (Å²) >= 11 is 0. The van der Waals surface area contributed by atoms with Gasteiger partial charge in [0.15, 0.2) is 17.5 Å². The topological polar surface area (TPSA) is 51.8 Å². The van der Waals surface area contributed by atoms with Crippen LogP contribution in [-0.2, 0) is 5.41 Å². The van der Waals surface area contributed by atoms with E-state index in [1.165, 1.54) is 38.8 Å². The van der Waals surface area contributed by atoms with Crippen molar-refractivity contribution in [1.82, 2.24) is 15.0 Å². The summed E-state index contributed by atoms with van der Waals surface area (Å²) in [6.45, 7) is 0. The summed E-state index contributed by atoms with van der Waals surface area (Å²) in [7, 11) is 0. The van der Waals surface area contributed by atoms with Crippen molar-refractivity contribution in [3.63, 3.8) is 0 Å². The second-order valence-electron chi connectivity index (χ2n) is 15.1. The van der Waals surface area contributed by atoms with Gasteiger partial charge in [0.05, 0.1) is 11.0 Å². The first-order chi connectivity index (χ1) is 28.8. The fraction of sp³-hybridized carbons (Fsp3) is 0.0185. The normalized spacial score (nSPS) is 13.0. The van der Waals surface area contributed by atoms with Crippen molar-refractivity contribution in [2.75, 3.05) is 0 Å². The van der Waals surface area contributed by atoms with Crippen molar-refractivity contribution in [2.45, 2.75) is 5.41 Å². The Morgan fingerprint density at radius 3 is 1.76 bits per heavy atom. The number of rotatable bonds is 5. The van der Waals surface area contributed by atoms with Crippen LogP contribution in [0.25, 0.3) is 88.8 Å². The van der Waals surface area contributed by atoms with Crippen LogP contribution in [-0.4, -0.2) is 15.0 Å². The van der Waals surface area contributed by atoms with Crippen LogP contribution >= 0.6 is 0 Å².